The predicted octanol–water partition coefficient (Wildman–Crippen LogP) is 5.54. The SMILES string of the molecule is Cc1ccncc1-c1ccc2[nH]nc(-c3cc4c(-c5cccnc5)nccc4[nH]3)c2c1. The molecule has 148 valence electrons. The van der Waals surface area contributed by atoms with Gasteiger partial charge in [0.05, 0.1) is 16.9 Å². The molecule has 0 saturated heterocycles. The Morgan fingerprint density at radius 1 is 0.742 bits per heavy atom. The van der Waals surface area contributed by atoms with Gasteiger partial charge < -0.3 is 4.98 Å². The first-order valence-electron chi connectivity index (χ1n) is 10.1. The highest BCUT2D eigenvalue weighted by atomic mass is 15.1. The third-order valence-corrected chi connectivity index (χ3v) is 5.65. The van der Waals surface area contributed by atoms with Crippen molar-refractivity contribution in [3.63, 3.8) is 0 Å². The molecule has 6 nitrogen and oxygen atoms in total. The van der Waals surface area contributed by atoms with E-state index in [4.69, 9.17) is 0 Å². The molecule has 0 amide bonds. The van der Waals surface area contributed by atoms with Gasteiger partial charge in [0, 0.05) is 58.4 Å². The zero-order chi connectivity index (χ0) is 20.8. The normalized spacial score (nSPS) is 11.4. The van der Waals surface area contributed by atoms with Crippen LogP contribution in [0.3, 0.4) is 0 Å². The summed E-state index contributed by atoms with van der Waals surface area (Å²) < 4.78 is 0. The Morgan fingerprint density at radius 2 is 1.65 bits per heavy atom. The van der Waals surface area contributed by atoms with Crippen LogP contribution in [-0.4, -0.2) is 30.1 Å². The van der Waals surface area contributed by atoms with Gasteiger partial charge in [0.25, 0.3) is 0 Å². The largest absolute Gasteiger partial charge is 0.353 e. The number of fused-ring (bicyclic) bond motifs is 2. The first kappa shape index (κ1) is 17.5. The van der Waals surface area contributed by atoms with Crippen molar-refractivity contribution in [3.05, 3.63) is 85.1 Å². The molecule has 0 saturated carbocycles. The molecular formula is C25H18N6. The number of aryl methyl sites for hydroxylation is 1. The van der Waals surface area contributed by atoms with E-state index in [2.05, 4.69) is 61.3 Å². The van der Waals surface area contributed by atoms with E-state index in [0.717, 1.165) is 55.6 Å². The molecule has 6 rings (SSSR count). The van der Waals surface area contributed by atoms with Crippen molar-refractivity contribution in [1.82, 2.24) is 30.1 Å². The smallest absolute Gasteiger partial charge is 0.116 e. The summed E-state index contributed by atoms with van der Waals surface area (Å²) in [7, 11) is 0. The second kappa shape index (κ2) is 6.88. The fourth-order valence-electron chi connectivity index (χ4n) is 4.07. The Balaban J connectivity index is 1.52. The molecule has 0 fully saturated rings. The quantitative estimate of drug-likeness (QED) is 0.407. The number of nitrogens with zero attached hydrogens (tertiary/aromatic N) is 4. The molecule has 5 heterocycles. The minimum Gasteiger partial charge on any atom is -0.353 e. The molecule has 0 spiro atoms. The molecule has 1 aromatic carbocycles. The summed E-state index contributed by atoms with van der Waals surface area (Å²) in [6.45, 7) is 2.10. The molecule has 2 N–H and O–H groups in total. The highest BCUT2D eigenvalue weighted by molar-refractivity contribution is 6.00. The Labute approximate surface area is 178 Å². The van der Waals surface area contributed by atoms with Crippen molar-refractivity contribution in [2.75, 3.05) is 0 Å². The van der Waals surface area contributed by atoms with Crippen LogP contribution in [0.2, 0.25) is 0 Å². The standard InChI is InChI=1S/C25H18N6/c1-15-6-9-27-14-20(15)16-4-5-22-18(11-16)25(31-30-22)23-12-19-21(29-23)7-10-28-24(19)17-3-2-8-26-13-17/h2-14,29H,1H3,(H,30,31). The molecule has 0 aliphatic carbocycles. The van der Waals surface area contributed by atoms with E-state index in [-0.39, 0.29) is 0 Å². The van der Waals surface area contributed by atoms with Crippen LogP contribution < -0.4 is 0 Å². The summed E-state index contributed by atoms with van der Waals surface area (Å²) >= 11 is 0. The van der Waals surface area contributed by atoms with E-state index >= 15 is 0 Å². The van der Waals surface area contributed by atoms with E-state index in [9.17, 15) is 0 Å². The van der Waals surface area contributed by atoms with Crippen LogP contribution >= 0.6 is 0 Å². The summed E-state index contributed by atoms with van der Waals surface area (Å²) in [6, 6.07) is 16.4. The Kier molecular flexibility index (Phi) is 3.89. The minimum atomic E-state index is 0.881. The Bertz CT molecular complexity index is 1550. The Hall–Kier alpha value is -4.32. The third-order valence-electron chi connectivity index (χ3n) is 5.65. The van der Waals surface area contributed by atoms with Crippen molar-refractivity contribution in [2.45, 2.75) is 6.92 Å². The number of benzene rings is 1. The first-order chi connectivity index (χ1) is 15.3. The molecule has 0 aliphatic rings. The van der Waals surface area contributed by atoms with E-state index in [1.807, 2.05) is 49.1 Å². The molecule has 6 heteroatoms. The maximum absolute atomic E-state index is 4.62. The lowest BCUT2D eigenvalue weighted by Crippen LogP contribution is -1.85. The van der Waals surface area contributed by atoms with Crippen LogP contribution in [0, 0.1) is 6.92 Å². The van der Waals surface area contributed by atoms with E-state index in [1.54, 1.807) is 6.20 Å². The number of aromatic nitrogens is 6. The van der Waals surface area contributed by atoms with Crippen molar-refractivity contribution in [1.29, 1.82) is 0 Å². The average molecular weight is 402 g/mol. The second-order valence-corrected chi connectivity index (χ2v) is 7.57. The van der Waals surface area contributed by atoms with Gasteiger partial charge in [-0.1, -0.05) is 6.07 Å². The minimum absolute atomic E-state index is 0.881. The first-order valence-corrected chi connectivity index (χ1v) is 10.1. The molecule has 0 aliphatic heterocycles. The fraction of sp³-hybridized carbons (Fsp3) is 0.0400. The lowest BCUT2D eigenvalue weighted by Gasteiger charge is -2.05. The summed E-state index contributed by atoms with van der Waals surface area (Å²) in [5.41, 5.74) is 9.15. The summed E-state index contributed by atoms with van der Waals surface area (Å²) in [6.07, 6.45) is 9.14. The highest BCUT2D eigenvalue weighted by Crippen LogP contribution is 2.34. The third kappa shape index (κ3) is 2.88. The van der Waals surface area contributed by atoms with Crippen molar-refractivity contribution >= 4 is 21.8 Å². The van der Waals surface area contributed by atoms with Crippen molar-refractivity contribution in [2.24, 2.45) is 0 Å². The van der Waals surface area contributed by atoms with Gasteiger partial charge in [0.15, 0.2) is 0 Å². The second-order valence-electron chi connectivity index (χ2n) is 7.57. The van der Waals surface area contributed by atoms with Gasteiger partial charge in [-0.3, -0.25) is 20.1 Å². The summed E-state index contributed by atoms with van der Waals surface area (Å²) in [4.78, 5) is 16.7. The van der Waals surface area contributed by atoms with Gasteiger partial charge in [-0.25, -0.2) is 0 Å². The predicted molar refractivity (Wildman–Crippen MR) is 122 cm³/mol. The number of H-pyrrole nitrogens is 2. The van der Waals surface area contributed by atoms with Gasteiger partial charge in [-0.15, -0.1) is 0 Å². The topological polar surface area (TPSA) is 83.1 Å². The number of aromatic amines is 2. The number of pyridine rings is 3. The molecule has 5 aromatic heterocycles. The van der Waals surface area contributed by atoms with Crippen LogP contribution in [0.1, 0.15) is 5.56 Å². The van der Waals surface area contributed by atoms with Gasteiger partial charge >= 0.3 is 0 Å². The maximum atomic E-state index is 4.62. The van der Waals surface area contributed by atoms with Crippen LogP contribution in [-0.2, 0) is 0 Å². The molecule has 31 heavy (non-hydrogen) atoms. The maximum Gasteiger partial charge on any atom is 0.116 e. The van der Waals surface area contributed by atoms with Crippen LogP contribution in [0.5, 0.6) is 0 Å². The van der Waals surface area contributed by atoms with Gasteiger partial charge in [0.2, 0.25) is 0 Å². The number of rotatable bonds is 3. The highest BCUT2D eigenvalue weighted by Gasteiger charge is 2.15. The van der Waals surface area contributed by atoms with E-state index < -0.39 is 0 Å². The Morgan fingerprint density at radius 3 is 2.52 bits per heavy atom. The molecule has 6 aromatic rings. The molecule has 0 atom stereocenters. The van der Waals surface area contributed by atoms with Crippen molar-refractivity contribution in [3.8, 4) is 33.8 Å². The van der Waals surface area contributed by atoms with Crippen molar-refractivity contribution < 1.29 is 0 Å². The van der Waals surface area contributed by atoms with Crippen LogP contribution in [0.25, 0.3) is 55.6 Å². The molecule has 0 bridgehead atoms. The zero-order valence-electron chi connectivity index (χ0n) is 16.8. The van der Waals surface area contributed by atoms with Gasteiger partial charge in [0.1, 0.15) is 5.69 Å². The molecule has 0 radical (unpaired) electrons. The van der Waals surface area contributed by atoms with Gasteiger partial charge in [-0.05, 0) is 60.5 Å². The average Bonchev–Trinajstić information content (AvgIpc) is 3.43. The monoisotopic (exact) mass is 402 g/mol. The van der Waals surface area contributed by atoms with E-state index in [0.29, 0.717) is 0 Å². The zero-order valence-corrected chi connectivity index (χ0v) is 16.8. The summed E-state index contributed by atoms with van der Waals surface area (Å²) in [5, 5.41) is 9.88. The van der Waals surface area contributed by atoms with Crippen LogP contribution in [0.4, 0.5) is 0 Å². The van der Waals surface area contributed by atoms with Gasteiger partial charge in [-0.2, -0.15) is 5.10 Å². The van der Waals surface area contributed by atoms with E-state index in [1.165, 1.54) is 5.56 Å². The molecular weight excluding hydrogens is 384 g/mol. The number of nitrogens with one attached hydrogen (secondary N) is 2. The fourth-order valence-corrected chi connectivity index (χ4v) is 4.07. The number of hydrogen-bond acceptors (Lipinski definition) is 4. The molecule has 0 unspecified atom stereocenters. The number of hydrogen-bond donors (Lipinski definition) is 2. The van der Waals surface area contributed by atoms with Crippen LogP contribution in [0.15, 0.2) is 79.5 Å². The summed E-state index contributed by atoms with van der Waals surface area (Å²) in [5.74, 6) is 0. The lowest BCUT2D eigenvalue weighted by atomic mass is 10.0. The lowest BCUT2D eigenvalue weighted by molar-refractivity contribution is 1.12.